The summed E-state index contributed by atoms with van der Waals surface area (Å²) in [6, 6.07) is 16.7. The van der Waals surface area contributed by atoms with Gasteiger partial charge in [0.25, 0.3) is 0 Å². The average molecular weight is 479 g/mol. The zero-order valence-corrected chi connectivity index (χ0v) is 23.1. The largest absolute Gasteiger partial charge is 0.507 e. The number of benzene rings is 2. The molecule has 0 radical (unpaired) electrons. The lowest BCUT2D eigenvalue weighted by molar-refractivity contribution is 0.475. The third-order valence-electron chi connectivity index (χ3n) is 7.66. The molecule has 35 heavy (non-hydrogen) atoms. The predicted molar refractivity (Wildman–Crippen MR) is 155 cm³/mol. The van der Waals surface area contributed by atoms with Gasteiger partial charge in [0.2, 0.25) is 0 Å². The van der Waals surface area contributed by atoms with Crippen molar-refractivity contribution in [2.45, 2.75) is 142 Å². The lowest BCUT2D eigenvalue weighted by atomic mass is 9.83. The van der Waals surface area contributed by atoms with Crippen molar-refractivity contribution in [3.05, 3.63) is 54.1 Å². The molecule has 1 atom stereocenters. The summed E-state index contributed by atoms with van der Waals surface area (Å²) in [7, 11) is 0. The van der Waals surface area contributed by atoms with Crippen molar-refractivity contribution in [3.63, 3.8) is 0 Å². The number of unbranched alkanes of at least 4 members (excludes halogenated alkanes) is 15. The topological polar surface area (TPSA) is 20.2 Å². The minimum Gasteiger partial charge on any atom is -0.507 e. The molecule has 1 heteroatoms. The Labute approximate surface area is 217 Å². The molecule has 1 unspecified atom stereocenters. The summed E-state index contributed by atoms with van der Waals surface area (Å²) >= 11 is 0. The predicted octanol–water partition coefficient (Wildman–Crippen LogP) is 11.6. The molecular formula is C34H54O. The first-order valence-corrected chi connectivity index (χ1v) is 15.1. The molecule has 2 aromatic rings. The molecule has 1 N–H and O–H groups in total. The Kier molecular flexibility index (Phi) is 16.4. The Morgan fingerprint density at radius 2 is 0.886 bits per heavy atom. The average Bonchev–Trinajstić information content (AvgIpc) is 2.88. The number of aromatic hydroxyl groups is 1. The molecule has 0 bridgehead atoms. The maximum absolute atomic E-state index is 10.6. The molecule has 0 saturated heterocycles. The van der Waals surface area contributed by atoms with Crippen LogP contribution in [0.25, 0.3) is 11.1 Å². The van der Waals surface area contributed by atoms with E-state index >= 15 is 0 Å². The highest BCUT2D eigenvalue weighted by Gasteiger charge is 2.17. The van der Waals surface area contributed by atoms with Gasteiger partial charge in [0.15, 0.2) is 0 Å². The van der Waals surface area contributed by atoms with Crippen LogP contribution in [-0.2, 0) is 0 Å². The van der Waals surface area contributed by atoms with Gasteiger partial charge < -0.3 is 5.11 Å². The Morgan fingerprint density at radius 3 is 1.37 bits per heavy atom. The van der Waals surface area contributed by atoms with E-state index in [-0.39, 0.29) is 0 Å². The van der Waals surface area contributed by atoms with Gasteiger partial charge in [-0.15, -0.1) is 0 Å². The second-order valence-corrected chi connectivity index (χ2v) is 10.7. The molecule has 0 aliphatic carbocycles. The molecule has 0 amide bonds. The number of hydrogen-bond acceptors (Lipinski definition) is 1. The quantitative estimate of drug-likeness (QED) is 0.177. The molecule has 0 spiro atoms. The molecule has 0 saturated carbocycles. The summed E-state index contributed by atoms with van der Waals surface area (Å²) in [5, 5.41) is 10.6. The van der Waals surface area contributed by atoms with Gasteiger partial charge in [-0.3, -0.25) is 0 Å². The van der Waals surface area contributed by atoms with Crippen molar-refractivity contribution in [2.24, 2.45) is 0 Å². The van der Waals surface area contributed by atoms with Crippen LogP contribution in [0.15, 0.2) is 48.5 Å². The summed E-state index contributed by atoms with van der Waals surface area (Å²) in [5.74, 6) is 0.990. The number of phenolic OH excluding ortho intramolecular Hbond substituents is 1. The first-order chi connectivity index (χ1) is 17.3. The molecule has 0 aromatic heterocycles. The minimum absolute atomic E-state index is 0.397. The van der Waals surface area contributed by atoms with E-state index in [0.717, 1.165) is 5.56 Å². The van der Waals surface area contributed by atoms with E-state index in [1.54, 1.807) is 0 Å². The Morgan fingerprint density at radius 1 is 0.486 bits per heavy atom. The van der Waals surface area contributed by atoms with Crippen LogP contribution in [0.4, 0.5) is 0 Å². The summed E-state index contributed by atoms with van der Waals surface area (Å²) in [5.41, 5.74) is 3.65. The Bertz CT molecular complexity index is 765. The van der Waals surface area contributed by atoms with Gasteiger partial charge in [-0.05, 0) is 36.0 Å². The van der Waals surface area contributed by atoms with Gasteiger partial charge in [-0.1, -0.05) is 165 Å². The van der Waals surface area contributed by atoms with Crippen molar-refractivity contribution in [1.82, 2.24) is 0 Å². The fraction of sp³-hybridized carbons (Fsp3) is 0.647. The van der Waals surface area contributed by atoms with Crippen LogP contribution in [-0.4, -0.2) is 5.11 Å². The van der Waals surface area contributed by atoms with Crippen molar-refractivity contribution in [3.8, 4) is 16.9 Å². The highest BCUT2D eigenvalue weighted by atomic mass is 16.3. The van der Waals surface area contributed by atoms with Gasteiger partial charge in [0.05, 0.1) is 0 Å². The van der Waals surface area contributed by atoms with Crippen LogP contribution >= 0.6 is 0 Å². The molecule has 0 heterocycles. The van der Waals surface area contributed by atoms with Crippen molar-refractivity contribution in [1.29, 1.82) is 0 Å². The molecule has 2 rings (SSSR count). The van der Waals surface area contributed by atoms with Crippen molar-refractivity contribution >= 4 is 0 Å². The number of rotatable bonds is 21. The minimum atomic E-state index is 0.397. The van der Waals surface area contributed by atoms with Crippen LogP contribution in [0.5, 0.6) is 5.75 Å². The number of phenols is 1. The molecule has 0 aliphatic heterocycles. The second kappa shape index (κ2) is 19.4. The number of hydrogen-bond donors (Lipinski definition) is 1. The van der Waals surface area contributed by atoms with Crippen LogP contribution in [0, 0.1) is 0 Å². The molecule has 0 fully saturated rings. The molecule has 2 aromatic carbocycles. The van der Waals surface area contributed by atoms with E-state index < -0.39 is 0 Å². The summed E-state index contributed by atoms with van der Waals surface area (Å²) in [6.45, 7) is 4.59. The van der Waals surface area contributed by atoms with Crippen molar-refractivity contribution < 1.29 is 5.11 Å². The molecule has 0 aliphatic rings. The lowest BCUT2D eigenvalue weighted by Gasteiger charge is -2.21. The maximum Gasteiger partial charge on any atom is 0.123 e. The van der Waals surface area contributed by atoms with Crippen molar-refractivity contribution in [2.75, 3.05) is 0 Å². The summed E-state index contributed by atoms with van der Waals surface area (Å²) < 4.78 is 0. The van der Waals surface area contributed by atoms with E-state index in [1.807, 2.05) is 18.2 Å². The third kappa shape index (κ3) is 12.2. The van der Waals surface area contributed by atoms with E-state index in [2.05, 4.69) is 44.2 Å². The highest BCUT2D eigenvalue weighted by molar-refractivity contribution is 5.73. The van der Waals surface area contributed by atoms with E-state index in [1.165, 1.54) is 133 Å². The lowest BCUT2D eigenvalue weighted by Crippen LogP contribution is -2.02. The van der Waals surface area contributed by atoms with Crippen LogP contribution in [0.3, 0.4) is 0 Å². The Balaban J connectivity index is 1.91. The standard InChI is InChI=1S/C34H54O/c1-3-5-7-9-11-13-15-17-19-25-30(24-18-16-14-12-10-8-6-4-2)31-26-20-21-27-32(31)33-28-22-23-29-34(33)35/h20-23,26-30,35H,3-19,24-25H2,1-2H3. The maximum atomic E-state index is 10.6. The summed E-state index contributed by atoms with van der Waals surface area (Å²) in [6.07, 6.45) is 26.0. The van der Waals surface area contributed by atoms with Gasteiger partial charge in [0.1, 0.15) is 5.75 Å². The summed E-state index contributed by atoms with van der Waals surface area (Å²) in [4.78, 5) is 0. The van der Waals surface area contributed by atoms with E-state index in [4.69, 9.17) is 0 Å². The van der Waals surface area contributed by atoms with E-state index in [0.29, 0.717) is 11.7 Å². The molecular weight excluding hydrogens is 424 g/mol. The SMILES string of the molecule is CCCCCCCCCCCC(CCCCCCCCCC)c1ccccc1-c1ccccc1O. The van der Waals surface area contributed by atoms with E-state index in [9.17, 15) is 5.11 Å². The molecule has 196 valence electrons. The van der Waals surface area contributed by atoms with Gasteiger partial charge in [0, 0.05) is 5.56 Å². The van der Waals surface area contributed by atoms with Crippen LogP contribution in [0.1, 0.15) is 147 Å². The fourth-order valence-corrected chi connectivity index (χ4v) is 5.48. The normalized spacial score (nSPS) is 12.2. The van der Waals surface area contributed by atoms with Gasteiger partial charge in [-0.2, -0.15) is 0 Å². The highest BCUT2D eigenvalue weighted by Crippen LogP contribution is 2.38. The first kappa shape index (κ1) is 29.5. The second-order valence-electron chi connectivity index (χ2n) is 10.7. The zero-order chi connectivity index (χ0) is 25.0. The van der Waals surface area contributed by atoms with Gasteiger partial charge >= 0.3 is 0 Å². The van der Waals surface area contributed by atoms with Gasteiger partial charge in [-0.25, -0.2) is 0 Å². The Hall–Kier alpha value is -1.76. The number of para-hydroxylation sites is 1. The smallest absolute Gasteiger partial charge is 0.123 e. The first-order valence-electron chi connectivity index (χ1n) is 15.1. The third-order valence-corrected chi connectivity index (χ3v) is 7.66. The molecule has 1 nitrogen and oxygen atoms in total. The monoisotopic (exact) mass is 478 g/mol. The van der Waals surface area contributed by atoms with Crippen LogP contribution < -0.4 is 0 Å². The fourth-order valence-electron chi connectivity index (χ4n) is 5.48. The van der Waals surface area contributed by atoms with Crippen LogP contribution in [0.2, 0.25) is 0 Å². The zero-order valence-electron chi connectivity index (χ0n) is 23.1.